The maximum Gasteiger partial charge on any atom is 0.227 e. The lowest BCUT2D eigenvalue weighted by Crippen LogP contribution is -2.32. The smallest absolute Gasteiger partial charge is 0.227 e. The second-order valence-corrected chi connectivity index (χ2v) is 6.60. The molecule has 0 spiro atoms. The van der Waals surface area contributed by atoms with Gasteiger partial charge in [0.1, 0.15) is 11.6 Å². The summed E-state index contributed by atoms with van der Waals surface area (Å²) in [5.41, 5.74) is 1.83. The summed E-state index contributed by atoms with van der Waals surface area (Å²) in [6.07, 6.45) is -0.00461. The van der Waals surface area contributed by atoms with Gasteiger partial charge < -0.3 is 15.2 Å². The van der Waals surface area contributed by atoms with E-state index in [9.17, 15) is 18.4 Å². The normalized spacial score (nSPS) is 16.9. The number of hydrogen-bond acceptors (Lipinski definition) is 2. The first-order valence-corrected chi connectivity index (χ1v) is 8.61. The summed E-state index contributed by atoms with van der Waals surface area (Å²) in [7, 11) is 0. The van der Waals surface area contributed by atoms with Crippen molar-refractivity contribution in [1.82, 2.24) is 10.3 Å². The Labute approximate surface area is 154 Å². The first-order valence-electron chi connectivity index (χ1n) is 8.61. The highest BCUT2D eigenvalue weighted by Gasteiger charge is 2.36. The summed E-state index contributed by atoms with van der Waals surface area (Å²) < 4.78 is 27.0. The number of fused-ring (bicyclic) bond motifs is 1. The minimum Gasteiger partial charge on any atom is -0.357 e. The molecular weight excluding hydrogens is 352 g/mol. The first-order chi connectivity index (χ1) is 13.0. The Morgan fingerprint density at radius 2 is 2.00 bits per heavy atom. The molecule has 7 heteroatoms. The van der Waals surface area contributed by atoms with Crippen LogP contribution < -0.4 is 10.2 Å². The molecule has 1 saturated heterocycles. The summed E-state index contributed by atoms with van der Waals surface area (Å²) in [5, 5.41) is 3.87. The van der Waals surface area contributed by atoms with Crippen molar-refractivity contribution in [3.05, 3.63) is 65.9 Å². The van der Waals surface area contributed by atoms with Gasteiger partial charge in [0.2, 0.25) is 11.8 Å². The number of para-hydroxylation sites is 1. The molecule has 0 aliphatic carbocycles. The van der Waals surface area contributed by atoms with E-state index in [2.05, 4.69) is 10.3 Å². The van der Waals surface area contributed by atoms with Crippen LogP contribution in [0.25, 0.3) is 10.9 Å². The fourth-order valence-electron chi connectivity index (χ4n) is 3.37. The van der Waals surface area contributed by atoms with E-state index >= 15 is 0 Å². The molecule has 1 atom stereocenters. The molecule has 3 aromatic rings. The largest absolute Gasteiger partial charge is 0.357 e. The molecule has 2 amide bonds. The number of halogens is 2. The Kier molecular flexibility index (Phi) is 4.35. The van der Waals surface area contributed by atoms with E-state index in [0.29, 0.717) is 6.54 Å². The molecule has 27 heavy (non-hydrogen) atoms. The van der Waals surface area contributed by atoms with Gasteiger partial charge in [0, 0.05) is 30.2 Å². The first kappa shape index (κ1) is 17.2. The van der Waals surface area contributed by atoms with Crippen LogP contribution in [-0.2, 0) is 16.1 Å². The summed E-state index contributed by atoms with van der Waals surface area (Å²) in [6, 6.07) is 12.8. The van der Waals surface area contributed by atoms with Crippen molar-refractivity contribution in [2.24, 2.45) is 5.92 Å². The molecule has 4 rings (SSSR count). The molecule has 138 valence electrons. The summed E-state index contributed by atoms with van der Waals surface area (Å²) in [6.45, 7) is 0.378. The molecule has 1 aliphatic rings. The topological polar surface area (TPSA) is 65.2 Å². The lowest BCUT2D eigenvalue weighted by Gasteiger charge is -2.17. The van der Waals surface area contributed by atoms with E-state index in [-0.39, 0.29) is 30.5 Å². The minimum absolute atomic E-state index is 0.00461. The molecule has 0 saturated carbocycles. The number of rotatable bonds is 4. The lowest BCUT2D eigenvalue weighted by atomic mass is 10.1. The number of nitrogens with one attached hydrogen (secondary N) is 2. The lowest BCUT2D eigenvalue weighted by molar-refractivity contribution is -0.126. The predicted molar refractivity (Wildman–Crippen MR) is 97.0 cm³/mol. The van der Waals surface area contributed by atoms with Crippen molar-refractivity contribution in [3.63, 3.8) is 0 Å². The Morgan fingerprint density at radius 3 is 2.78 bits per heavy atom. The number of aromatic amines is 1. The van der Waals surface area contributed by atoms with E-state index < -0.39 is 17.6 Å². The van der Waals surface area contributed by atoms with Crippen molar-refractivity contribution < 1.29 is 18.4 Å². The Bertz CT molecular complexity index is 998. The number of benzene rings is 2. The third-order valence-electron chi connectivity index (χ3n) is 4.74. The molecule has 2 N–H and O–H groups in total. The highest BCUT2D eigenvalue weighted by molar-refractivity contribution is 6.00. The van der Waals surface area contributed by atoms with Crippen LogP contribution in [0.4, 0.5) is 14.5 Å². The third-order valence-corrected chi connectivity index (χ3v) is 4.74. The number of carbonyl (C=O) groups excluding carboxylic acids is 2. The van der Waals surface area contributed by atoms with Crippen molar-refractivity contribution in [1.29, 1.82) is 0 Å². The van der Waals surface area contributed by atoms with Crippen LogP contribution >= 0.6 is 0 Å². The van der Waals surface area contributed by atoms with E-state index in [1.165, 1.54) is 11.0 Å². The number of anilines is 1. The van der Waals surface area contributed by atoms with Crippen LogP contribution in [0, 0.1) is 17.6 Å². The Hall–Kier alpha value is -3.22. The third kappa shape index (κ3) is 3.40. The van der Waals surface area contributed by atoms with Gasteiger partial charge in [0.15, 0.2) is 0 Å². The van der Waals surface area contributed by atoms with Gasteiger partial charge in [-0.15, -0.1) is 0 Å². The van der Waals surface area contributed by atoms with Crippen molar-refractivity contribution in [2.75, 3.05) is 11.4 Å². The predicted octanol–water partition coefficient (Wildman–Crippen LogP) is 3.12. The highest BCUT2D eigenvalue weighted by Crippen LogP contribution is 2.28. The minimum atomic E-state index is -0.817. The fraction of sp³-hybridized carbons (Fsp3) is 0.200. The van der Waals surface area contributed by atoms with Crippen LogP contribution in [0.2, 0.25) is 0 Å². The summed E-state index contributed by atoms with van der Waals surface area (Å²) in [4.78, 5) is 29.1. The van der Waals surface area contributed by atoms with Crippen LogP contribution in [-0.4, -0.2) is 23.3 Å². The molecular formula is C20H17F2N3O2. The van der Waals surface area contributed by atoms with Gasteiger partial charge in [-0.2, -0.15) is 0 Å². The van der Waals surface area contributed by atoms with E-state index in [0.717, 1.165) is 28.7 Å². The standard InChI is InChI=1S/C20H17F2N3O2/c21-14-5-6-18(16(22)9-14)25-11-13(8-19(25)26)20(27)23-10-15-7-12-3-1-2-4-17(12)24-15/h1-7,9,13,24H,8,10-11H2,(H,23,27)/t13-/m1/s1. The van der Waals surface area contributed by atoms with E-state index in [1.807, 2.05) is 30.3 Å². The number of H-pyrrole nitrogens is 1. The Balaban J connectivity index is 1.41. The molecule has 0 unspecified atom stereocenters. The van der Waals surface area contributed by atoms with Gasteiger partial charge in [0.25, 0.3) is 0 Å². The van der Waals surface area contributed by atoms with Crippen LogP contribution in [0.3, 0.4) is 0 Å². The van der Waals surface area contributed by atoms with E-state index in [4.69, 9.17) is 0 Å². The van der Waals surface area contributed by atoms with Gasteiger partial charge in [0.05, 0.1) is 18.2 Å². The molecule has 0 radical (unpaired) electrons. The maximum atomic E-state index is 13.9. The molecule has 2 aromatic carbocycles. The van der Waals surface area contributed by atoms with Crippen molar-refractivity contribution >= 4 is 28.4 Å². The van der Waals surface area contributed by atoms with Crippen LogP contribution in [0.1, 0.15) is 12.1 Å². The molecule has 0 bridgehead atoms. The molecule has 1 aliphatic heterocycles. The van der Waals surface area contributed by atoms with Gasteiger partial charge in [-0.1, -0.05) is 18.2 Å². The number of aromatic nitrogens is 1. The second kappa shape index (κ2) is 6.83. The summed E-state index contributed by atoms with van der Waals surface area (Å²) >= 11 is 0. The average molecular weight is 369 g/mol. The van der Waals surface area contributed by atoms with Gasteiger partial charge in [-0.05, 0) is 29.7 Å². The summed E-state index contributed by atoms with van der Waals surface area (Å²) in [5.74, 6) is -2.73. The zero-order valence-electron chi connectivity index (χ0n) is 14.3. The van der Waals surface area contributed by atoms with E-state index in [1.54, 1.807) is 0 Å². The van der Waals surface area contributed by atoms with Crippen molar-refractivity contribution in [2.45, 2.75) is 13.0 Å². The molecule has 1 aromatic heterocycles. The van der Waals surface area contributed by atoms with Crippen LogP contribution in [0.15, 0.2) is 48.5 Å². The fourth-order valence-corrected chi connectivity index (χ4v) is 3.37. The van der Waals surface area contributed by atoms with Crippen LogP contribution in [0.5, 0.6) is 0 Å². The number of hydrogen-bond donors (Lipinski definition) is 2. The maximum absolute atomic E-state index is 13.9. The number of nitrogens with zero attached hydrogens (tertiary/aromatic N) is 1. The van der Waals surface area contributed by atoms with Crippen molar-refractivity contribution in [3.8, 4) is 0 Å². The number of carbonyl (C=O) groups is 2. The van der Waals surface area contributed by atoms with Gasteiger partial charge in [-0.25, -0.2) is 8.78 Å². The monoisotopic (exact) mass is 369 g/mol. The zero-order chi connectivity index (χ0) is 19.0. The quantitative estimate of drug-likeness (QED) is 0.742. The highest BCUT2D eigenvalue weighted by atomic mass is 19.1. The zero-order valence-corrected chi connectivity index (χ0v) is 14.3. The van der Waals surface area contributed by atoms with Gasteiger partial charge in [-0.3, -0.25) is 9.59 Å². The molecule has 2 heterocycles. The second-order valence-electron chi connectivity index (χ2n) is 6.60. The Morgan fingerprint density at radius 1 is 1.19 bits per heavy atom. The molecule has 5 nitrogen and oxygen atoms in total. The number of amides is 2. The SMILES string of the molecule is O=C(NCc1cc2ccccc2[nH]1)[C@@H]1CC(=O)N(c2ccc(F)cc2F)C1. The average Bonchev–Trinajstić information content (AvgIpc) is 3.23. The van der Waals surface area contributed by atoms with Gasteiger partial charge >= 0.3 is 0 Å². The molecule has 1 fully saturated rings.